The van der Waals surface area contributed by atoms with Crippen LogP contribution in [0.3, 0.4) is 0 Å². The number of carbonyl (C=O) groups is 2. The van der Waals surface area contributed by atoms with Crippen LogP contribution in [0.5, 0.6) is 0 Å². The van der Waals surface area contributed by atoms with Crippen molar-refractivity contribution in [2.45, 2.75) is 32.4 Å². The molecular formula is C16H18ClF2NO3. The molecule has 0 bridgehead atoms. The third-order valence-electron chi connectivity index (χ3n) is 2.52. The van der Waals surface area contributed by atoms with Crippen LogP contribution in [-0.2, 0) is 9.53 Å². The highest BCUT2D eigenvalue weighted by atomic mass is 35.5. The van der Waals surface area contributed by atoms with E-state index in [0.29, 0.717) is 0 Å². The highest BCUT2D eigenvalue weighted by molar-refractivity contribution is 6.28. The van der Waals surface area contributed by atoms with Crippen LogP contribution in [0.2, 0.25) is 0 Å². The van der Waals surface area contributed by atoms with Crippen LogP contribution >= 0.6 is 11.6 Å². The first-order valence-electron chi connectivity index (χ1n) is 6.83. The van der Waals surface area contributed by atoms with E-state index in [-0.39, 0.29) is 11.4 Å². The topological polar surface area (TPSA) is 55.4 Å². The highest BCUT2D eigenvalue weighted by Crippen LogP contribution is 2.11. The number of amides is 1. The van der Waals surface area contributed by atoms with Crippen molar-refractivity contribution in [1.29, 1.82) is 0 Å². The maximum Gasteiger partial charge on any atom is 0.408 e. The first-order chi connectivity index (χ1) is 10.6. The molecule has 1 rings (SSSR count). The molecule has 1 amide bonds. The Morgan fingerprint density at radius 1 is 1.26 bits per heavy atom. The fraction of sp³-hybridized carbons (Fsp3) is 0.375. The van der Waals surface area contributed by atoms with Gasteiger partial charge in [-0.3, -0.25) is 4.79 Å². The number of carbonyl (C=O) groups excluding carboxylic acids is 2. The van der Waals surface area contributed by atoms with Crippen molar-refractivity contribution in [2.75, 3.05) is 5.88 Å². The molecule has 0 saturated carbocycles. The van der Waals surface area contributed by atoms with Crippen molar-refractivity contribution < 1.29 is 23.1 Å². The second-order valence-corrected chi connectivity index (χ2v) is 6.05. The minimum atomic E-state index is -1.06. The van der Waals surface area contributed by atoms with Gasteiger partial charge in [0, 0.05) is 6.07 Å². The molecule has 1 unspecified atom stereocenters. The smallest absolute Gasteiger partial charge is 0.408 e. The van der Waals surface area contributed by atoms with Crippen LogP contribution in [0.15, 0.2) is 24.3 Å². The summed E-state index contributed by atoms with van der Waals surface area (Å²) in [6.45, 7) is 5.03. The molecule has 0 spiro atoms. The van der Waals surface area contributed by atoms with E-state index < -0.39 is 35.2 Å². The molecular weight excluding hydrogens is 328 g/mol. The monoisotopic (exact) mass is 345 g/mol. The van der Waals surface area contributed by atoms with Crippen LogP contribution in [0.25, 0.3) is 6.08 Å². The van der Waals surface area contributed by atoms with Gasteiger partial charge >= 0.3 is 6.09 Å². The molecule has 0 aliphatic heterocycles. The molecule has 126 valence electrons. The average Bonchev–Trinajstić information content (AvgIpc) is 2.39. The number of alkyl carbamates (subject to hydrolysis) is 1. The van der Waals surface area contributed by atoms with Crippen molar-refractivity contribution in [3.05, 3.63) is 41.5 Å². The zero-order chi connectivity index (χ0) is 17.6. The summed E-state index contributed by atoms with van der Waals surface area (Å²) in [5.41, 5.74) is -0.519. The summed E-state index contributed by atoms with van der Waals surface area (Å²) in [4.78, 5) is 23.5. The molecule has 23 heavy (non-hydrogen) atoms. The number of rotatable bonds is 5. The van der Waals surface area contributed by atoms with Gasteiger partial charge in [-0.15, -0.1) is 11.6 Å². The van der Waals surface area contributed by atoms with Gasteiger partial charge < -0.3 is 10.1 Å². The van der Waals surface area contributed by atoms with E-state index in [9.17, 15) is 18.4 Å². The summed E-state index contributed by atoms with van der Waals surface area (Å²) in [7, 11) is 0. The van der Waals surface area contributed by atoms with Gasteiger partial charge in [0.1, 0.15) is 23.3 Å². The number of Topliss-reactive ketones (excluding diaryl/α,β-unsaturated/α-hetero) is 1. The van der Waals surface area contributed by atoms with Gasteiger partial charge in [-0.1, -0.05) is 12.2 Å². The second kappa shape index (κ2) is 8.06. The Labute approximate surface area is 138 Å². The number of nitrogens with one attached hydrogen (secondary N) is 1. The summed E-state index contributed by atoms with van der Waals surface area (Å²) in [6.07, 6.45) is 1.82. The molecule has 1 N–H and O–H groups in total. The molecule has 0 aliphatic rings. The zero-order valence-electron chi connectivity index (χ0n) is 13.0. The summed E-state index contributed by atoms with van der Waals surface area (Å²) in [6, 6.07) is 1.86. The summed E-state index contributed by atoms with van der Waals surface area (Å²) in [5.74, 6) is -2.30. The number of ketones is 1. The Hall–Kier alpha value is -1.95. The van der Waals surface area contributed by atoms with E-state index in [1.165, 1.54) is 12.2 Å². The van der Waals surface area contributed by atoms with E-state index in [2.05, 4.69) is 5.32 Å². The van der Waals surface area contributed by atoms with Gasteiger partial charge in [-0.25, -0.2) is 13.6 Å². The minimum Gasteiger partial charge on any atom is -0.444 e. The van der Waals surface area contributed by atoms with Crippen LogP contribution in [0.4, 0.5) is 13.6 Å². The first kappa shape index (κ1) is 19.1. The summed E-state index contributed by atoms with van der Waals surface area (Å²) in [5, 5.41) is 2.35. The van der Waals surface area contributed by atoms with Gasteiger partial charge in [0.2, 0.25) is 0 Å². The van der Waals surface area contributed by atoms with E-state index in [0.717, 1.165) is 18.2 Å². The number of alkyl halides is 1. The molecule has 0 radical (unpaired) electrons. The van der Waals surface area contributed by atoms with Crippen molar-refractivity contribution in [1.82, 2.24) is 5.32 Å². The highest BCUT2D eigenvalue weighted by Gasteiger charge is 2.21. The van der Waals surface area contributed by atoms with E-state index in [4.69, 9.17) is 16.3 Å². The van der Waals surface area contributed by atoms with Gasteiger partial charge in [-0.05, 0) is 38.5 Å². The van der Waals surface area contributed by atoms with Crippen LogP contribution < -0.4 is 5.32 Å². The molecule has 7 heteroatoms. The molecule has 1 aromatic rings. The van der Waals surface area contributed by atoms with E-state index >= 15 is 0 Å². The number of ether oxygens (including phenoxy) is 1. The van der Waals surface area contributed by atoms with Crippen molar-refractivity contribution in [2.24, 2.45) is 0 Å². The second-order valence-electron chi connectivity index (χ2n) is 5.79. The van der Waals surface area contributed by atoms with Crippen LogP contribution in [0.1, 0.15) is 26.3 Å². The Balaban J connectivity index is 2.88. The number of hydrogen-bond donors (Lipinski definition) is 1. The van der Waals surface area contributed by atoms with Crippen molar-refractivity contribution in [3.63, 3.8) is 0 Å². The lowest BCUT2D eigenvalue weighted by atomic mass is 10.1. The molecule has 0 fully saturated rings. The lowest BCUT2D eigenvalue weighted by Crippen LogP contribution is -2.42. The average molecular weight is 346 g/mol. The number of benzene rings is 1. The fourth-order valence-corrected chi connectivity index (χ4v) is 1.80. The Kier molecular flexibility index (Phi) is 6.69. The third-order valence-corrected chi connectivity index (χ3v) is 2.78. The lowest BCUT2D eigenvalue weighted by Gasteiger charge is -2.21. The van der Waals surface area contributed by atoms with Gasteiger partial charge in [0.15, 0.2) is 5.78 Å². The van der Waals surface area contributed by atoms with Crippen molar-refractivity contribution >= 4 is 29.6 Å². The zero-order valence-corrected chi connectivity index (χ0v) is 13.8. The maximum atomic E-state index is 13.1. The summed E-state index contributed by atoms with van der Waals surface area (Å²) >= 11 is 5.50. The summed E-state index contributed by atoms with van der Waals surface area (Å²) < 4.78 is 31.3. The van der Waals surface area contributed by atoms with Crippen LogP contribution in [0, 0.1) is 11.6 Å². The standard InChI is InChI=1S/C16H18ClF2NO3/c1-16(2,3)23-15(22)20-13(14(21)9-17)5-4-10-6-11(18)8-12(19)7-10/h4-8,13H,9H2,1-3H3,(H,20,22)/b5-4+. The Morgan fingerprint density at radius 3 is 2.30 bits per heavy atom. The number of halogens is 3. The Bertz CT molecular complexity index is 592. The molecule has 0 saturated heterocycles. The fourth-order valence-electron chi connectivity index (χ4n) is 1.63. The Morgan fingerprint density at radius 2 is 1.83 bits per heavy atom. The van der Waals surface area contributed by atoms with E-state index in [1.807, 2.05) is 0 Å². The van der Waals surface area contributed by atoms with Crippen molar-refractivity contribution in [3.8, 4) is 0 Å². The third kappa shape index (κ3) is 7.23. The molecule has 0 aromatic heterocycles. The number of hydrogen-bond acceptors (Lipinski definition) is 3. The van der Waals surface area contributed by atoms with E-state index in [1.54, 1.807) is 20.8 Å². The van der Waals surface area contributed by atoms with Gasteiger partial charge in [-0.2, -0.15) is 0 Å². The first-order valence-corrected chi connectivity index (χ1v) is 7.36. The molecule has 1 atom stereocenters. The molecule has 1 aromatic carbocycles. The lowest BCUT2D eigenvalue weighted by molar-refractivity contribution is -0.117. The minimum absolute atomic E-state index is 0.209. The van der Waals surface area contributed by atoms with Gasteiger partial charge in [0.05, 0.1) is 5.88 Å². The predicted molar refractivity (Wildman–Crippen MR) is 84.3 cm³/mol. The largest absolute Gasteiger partial charge is 0.444 e. The maximum absolute atomic E-state index is 13.1. The molecule has 4 nitrogen and oxygen atoms in total. The normalized spacial score (nSPS) is 13.0. The molecule has 0 aliphatic carbocycles. The predicted octanol–water partition coefficient (Wildman–Crippen LogP) is 3.68. The SMILES string of the molecule is CC(C)(C)OC(=O)NC(/C=C/c1cc(F)cc(F)c1)C(=O)CCl. The van der Waals surface area contributed by atoms with Crippen LogP contribution in [-0.4, -0.2) is 29.4 Å². The quantitative estimate of drug-likeness (QED) is 0.828. The molecule has 0 heterocycles. The van der Waals surface area contributed by atoms with Gasteiger partial charge in [0.25, 0.3) is 0 Å².